The number of carbonyl (C=O) groups is 1. The van der Waals surface area contributed by atoms with E-state index >= 15 is 0 Å². The number of phenolic OH excluding ortho intramolecular Hbond substituents is 1. The Morgan fingerprint density at radius 2 is 1.88 bits per heavy atom. The second kappa shape index (κ2) is 7.43. The number of nitro benzene ring substituents is 1. The molecule has 25 heavy (non-hydrogen) atoms. The second-order valence-electron chi connectivity index (χ2n) is 4.89. The molecule has 2 rings (SSSR count). The lowest BCUT2D eigenvalue weighted by atomic mass is 10.1. The predicted octanol–water partition coefficient (Wildman–Crippen LogP) is 3.35. The molecule has 0 radical (unpaired) electrons. The summed E-state index contributed by atoms with van der Waals surface area (Å²) in [5.74, 6) is -1.87. The highest BCUT2D eigenvalue weighted by Gasteiger charge is 2.19. The van der Waals surface area contributed by atoms with Crippen LogP contribution < -0.4 is 9.47 Å². The Hall–Kier alpha value is -3.42. The SMILES string of the molecule is COc1ccc(C(=O)/C=C/c2cc(OC)c(O)c([N+](=O)[O-])c2)cc1F. The number of halogens is 1. The quantitative estimate of drug-likeness (QED) is 0.372. The van der Waals surface area contributed by atoms with Crippen LogP contribution in [-0.2, 0) is 0 Å². The zero-order valence-electron chi connectivity index (χ0n) is 13.4. The number of phenols is 1. The molecule has 0 saturated heterocycles. The summed E-state index contributed by atoms with van der Waals surface area (Å²) in [5.41, 5.74) is -0.194. The van der Waals surface area contributed by atoms with Crippen LogP contribution in [0.25, 0.3) is 6.08 Å². The van der Waals surface area contributed by atoms with Crippen LogP contribution in [0, 0.1) is 15.9 Å². The lowest BCUT2D eigenvalue weighted by Gasteiger charge is -2.05. The van der Waals surface area contributed by atoms with Gasteiger partial charge in [-0.15, -0.1) is 0 Å². The van der Waals surface area contributed by atoms with E-state index in [0.717, 1.165) is 18.2 Å². The highest BCUT2D eigenvalue weighted by molar-refractivity contribution is 6.07. The standard InChI is InChI=1S/C17H14FNO6/c1-24-15-6-4-11(9-12(15)18)14(20)5-3-10-7-13(19(22)23)17(21)16(8-10)25-2/h3-9,21H,1-2H3/b5-3+. The van der Waals surface area contributed by atoms with E-state index in [1.807, 2.05) is 0 Å². The van der Waals surface area contributed by atoms with Gasteiger partial charge in [-0.3, -0.25) is 14.9 Å². The highest BCUT2D eigenvalue weighted by atomic mass is 19.1. The Balaban J connectivity index is 2.32. The average Bonchev–Trinajstić information content (AvgIpc) is 2.60. The molecular formula is C17H14FNO6. The largest absolute Gasteiger partial charge is 0.500 e. The monoisotopic (exact) mass is 347 g/mol. The third-order valence-corrected chi connectivity index (χ3v) is 3.36. The lowest BCUT2D eigenvalue weighted by Crippen LogP contribution is -1.97. The molecule has 2 aromatic carbocycles. The first-order chi connectivity index (χ1) is 11.9. The summed E-state index contributed by atoms with van der Waals surface area (Å²) in [6.45, 7) is 0. The molecule has 0 aromatic heterocycles. The number of ketones is 1. The zero-order chi connectivity index (χ0) is 18.6. The lowest BCUT2D eigenvalue weighted by molar-refractivity contribution is -0.386. The smallest absolute Gasteiger partial charge is 0.315 e. The Bertz CT molecular complexity index is 862. The van der Waals surface area contributed by atoms with E-state index < -0.39 is 28.0 Å². The number of methoxy groups -OCH3 is 2. The van der Waals surface area contributed by atoms with Crippen LogP contribution in [0.15, 0.2) is 36.4 Å². The van der Waals surface area contributed by atoms with Gasteiger partial charge in [-0.05, 0) is 35.9 Å². The van der Waals surface area contributed by atoms with Gasteiger partial charge in [0, 0.05) is 11.6 Å². The van der Waals surface area contributed by atoms with E-state index in [1.54, 1.807) is 0 Å². The molecule has 0 spiro atoms. The fourth-order valence-electron chi connectivity index (χ4n) is 2.09. The van der Waals surface area contributed by atoms with Crippen LogP contribution in [-0.4, -0.2) is 30.0 Å². The van der Waals surface area contributed by atoms with E-state index in [1.165, 1.54) is 38.5 Å². The number of rotatable bonds is 6. The summed E-state index contributed by atoms with van der Waals surface area (Å²) in [4.78, 5) is 22.3. The van der Waals surface area contributed by atoms with Crippen LogP contribution in [0.1, 0.15) is 15.9 Å². The van der Waals surface area contributed by atoms with Crippen molar-refractivity contribution in [3.8, 4) is 17.2 Å². The van der Waals surface area contributed by atoms with Gasteiger partial charge >= 0.3 is 5.69 Å². The van der Waals surface area contributed by atoms with Crippen molar-refractivity contribution in [3.63, 3.8) is 0 Å². The van der Waals surface area contributed by atoms with Crippen LogP contribution in [0.2, 0.25) is 0 Å². The first kappa shape index (κ1) is 17.9. The number of aromatic hydroxyl groups is 1. The van der Waals surface area contributed by atoms with Gasteiger partial charge in [-0.2, -0.15) is 0 Å². The van der Waals surface area contributed by atoms with Crippen molar-refractivity contribution in [3.05, 3.63) is 63.5 Å². The maximum atomic E-state index is 13.6. The normalized spacial score (nSPS) is 10.7. The Morgan fingerprint density at radius 3 is 2.44 bits per heavy atom. The van der Waals surface area contributed by atoms with Crippen molar-refractivity contribution in [2.45, 2.75) is 0 Å². The van der Waals surface area contributed by atoms with Gasteiger partial charge in [0.25, 0.3) is 0 Å². The first-order valence-corrected chi connectivity index (χ1v) is 6.98. The van der Waals surface area contributed by atoms with Gasteiger partial charge in [-0.1, -0.05) is 6.08 Å². The van der Waals surface area contributed by atoms with Gasteiger partial charge in [0.15, 0.2) is 23.1 Å². The van der Waals surface area contributed by atoms with E-state index in [2.05, 4.69) is 0 Å². The van der Waals surface area contributed by atoms with Gasteiger partial charge in [0.1, 0.15) is 0 Å². The molecule has 0 bridgehead atoms. The first-order valence-electron chi connectivity index (χ1n) is 6.98. The molecule has 0 fully saturated rings. The van der Waals surface area contributed by atoms with Crippen molar-refractivity contribution in [2.24, 2.45) is 0 Å². The number of nitrogens with zero attached hydrogens (tertiary/aromatic N) is 1. The molecule has 0 aliphatic heterocycles. The van der Waals surface area contributed by atoms with E-state index in [0.29, 0.717) is 0 Å². The molecule has 0 aliphatic rings. The minimum absolute atomic E-state index is 0.0134. The Morgan fingerprint density at radius 1 is 1.20 bits per heavy atom. The van der Waals surface area contributed by atoms with Crippen LogP contribution >= 0.6 is 0 Å². The summed E-state index contributed by atoms with van der Waals surface area (Å²) in [6.07, 6.45) is 2.44. The van der Waals surface area contributed by atoms with Crippen LogP contribution in [0.3, 0.4) is 0 Å². The summed E-state index contributed by atoms with van der Waals surface area (Å²) >= 11 is 0. The Kier molecular flexibility index (Phi) is 5.33. The maximum Gasteiger partial charge on any atom is 0.315 e. The topological polar surface area (TPSA) is 98.9 Å². The summed E-state index contributed by atoms with van der Waals surface area (Å²) in [6, 6.07) is 6.18. The number of benzene rings is 2. The highest BCUT2D eigenvalue weighted by Crippen LogP contribution is 2.37. The third-order valence-electron chi connectivity index (χ3n) is 3.36. The number of hydrogen-bond acceptors (Lipinski definition) is 6. The molecule has 0 heterocycles. The minimum Gasteiger partial charge on any atom is -0.500 e. The molecular weight excluding hydrogens is 333 g/mol. The number of hydrogen-bond donors (Lipinski definition) is 1. The fourth-order valence-corrected chi connectivity index (χ4v) is 2.09. The minimum atomic E-state index is -0.768. The van der Waals surface area contributed by atoms with E-state index in [-0.39, 0.29) is 22.6 Å². The molecule has 0 amide bonds. The zero-order valence-corrected chi connectivity index (χ0v) is 13.4. The number of allylic oxidation sites excluding steroid dienone is 1. The van der Waals surface area contributed by atoms with Gasteiger partial charge in [-0.25, -0.2) is 4.39 Å². The number of ether oxygens (including phenoxy) is 2. The van der Waals surface area contributed by atoms with E-state index in [4.69, 9.17) is 9.47 Å². The summed E-state index contributed by atoms with van der Waals surface area (Å²) in [5, 5.41) is 20.7. The van der Waals surface area contributed by atoms with Crippen LogP contribution in [0.4, 0.5) is 10.1 Å². The summed E-state index contributed by atoms with van der Waals surface area (Å²) < 4.78 is 23.3. The number of nitro groups is 1. The molecule has 8 heteroatoms. The van der Waals surface area contributed by atoms with Crippen molar-refractivity contribution in [2.75, 3.05) is 14.2 Å². The predicted molar refractivity (Wildman–Crippen MR) is 87.6 cm³/mol. The van der Waals surface area contributed by atoms with Gasteiger partial charge in [0.2, 0.25) is 5.75 Å². The maximum absolute atomic E-state index is 13.6. The molecule has 0 atom stereocenters. The molecule has 2 aromatic rings. The third kappa shape index (κ3) is 3.92. The molecule has 0 unspecified atom stereocenters. The number of carbonyl (C=O) groups excluding carboxylic acids is 1. The summed E-state index contributed by atoms with van der Waals surface area (Å²) in [7, 11) is 2.56. The fraction of sp³-hybridized carbons (Fsp3) is 0.118. The average molecular weight is 347 g/mol. The van der Waals surface area contributed by atoms with Gasteiger partial charge in [0.05, 0.1) is 19.1 Å². The Labute approximate surface area is 142 Å². The van der Waals surface area contributed by atoms with Gasteiger partial charge < -0.3 is 14.6 Å². The second-order valence-corrected chi connectivity index (χ2v) is 4.89. The van der Waals surface area contributed by atoms with Crippen molar-refractivity contribution in [1.82, 2.24) is 0 Å². The van der Waals surface area contributed by atoms with Crippen LogP contribution in [0.5, 0.6) is 17.2 Å². The molecule has 1 N–H and O–H groups in total. The van der Waals surface area contributed by atoms with Crippen molar-refractivity contribution < 1.29 is 28.7 Å². The molecule has 0 saturated carbocycles. The van der Waals surface area contributed by atoms with E-state index in [9.17, 15) is 24.4 Å². The molecule has 130 valence electrons. The molecule has 0 aliphatic carbocycles. The molecule has 7 nitrogen and oxygen atoms in total. The van der Waals surface area contributed by atoms with Crippen molar-refractivity contribution >= 4 is 17.5 Å². The van der Waals surface area contributed by atoms with Crippen molar-refractivity contribution in [1.29, 1.82) is 0 Å².